The van der Waals surface area contributed by atoms with Gasteiger partial charge in [0.15, 0.2) is 0 Å². The number of amides is 1. The second kappa shape index (κ2) is 10.5. The zero-order valence-electron chi connectivity index (χ0n) is 21.2. The van der Waals surface area contributed by atoms with Gasteiger partial charge in [-0.3, -0.25) is 4.79 Å². The highest BCUT2D eigenvalue weighted by molar-refractivity contribution is 5.94. The molecule has 0 spiro atoms. The summed E-state index contributed by atoms with van der Waals surface area (Å²) in [6.45, 7) is 3.93. The molecule has 1 amide bonds. The molecule has 8 nitrogen and oxygen atoms in total. The van der Waals surface area contributed by atoms with Crippen LogP contribution in [0.4, 0.5) is 19.1 Å². The molecule has 0 atom stereocenters. The van der Waals surface area contributed by atoms with Crippen LogP contribution < -0.4 is 14.4 Å². The van der Waals surface area contributed by atoms with E-state index in [1.165, 1.54) is 12.1 Å². The number of alkyl halides is 3. The van der Waals surface area contributed by atoms with E-state index in [4.69, 9.17) is 19.4 Å². The minimum Gasteiger partial charge on any atom is -0.497 e. The van der Waals surface area contributed by atoms with Crippen molar-refractivity contribution in [2.45, 2.75) is 19.1 Å². The van der Waals surface area contributed by atoms with Gasteiger partial charge in [-0.15, -0.1) is 0 Å². The van der Waals surface area contributed by atoms with Crippen LogP contribution in [-0.4, -0.2) is 72.6 Å². The minimum absolute atomic E-state index is 0.184. The van der Waals surface area contributed by atoms with Gasteiger partial charge >= 0.3 is 6.18 Å². The van der Waals surface area contributed by atoms with E-state index in [0.717, 1.165) is 44.0 Å². The van der Waals surface area contributed by atoms with Crippen LogP contribution in [0.2, 0.25) is 0 Å². The predicted molar refractivity (Wildman–Crippen MR) is 135 cm³/mol. The second-order valence-electron chi connectivity index (χ2n) is 9.37. The average molecular weight is 528 g/mol. The average Bonchev–Trinajstić information content (AvgIpc) is 2.93. The number of rotatable bonds is 5. The maximum absolute atomic E-state index is 13.2. The van der Waals surface area contributed by atoms with Gasteiger partial charge in [0.05, 0.1) is 30.5 Å². The van der Waals surface area contributed by atoms with Gasteiger partial charge in [0, 0.05) is 44.7 Å². The molecule has 3 heterocycles. The van der Waals surface area contributed by atoms with Crippen LogP contribution >= 0.6 is 0 Å². The molecule has 0 radical (unpaired) electrons. The molecule has 2 aliphatic rings. The molecule has 5 rings (SSSR count). The Balaban J connectivity index is 1.43. The highest BCUT2D eigenvalue weighted by atomic mass is 19.4. The van der Waals surface area contributed by atoms with Gasteiger partial charge in [-0.25, -0.2) is 4.98 Å². The van der Waals surface area contributed by atoms with E-state index in [0.29, 0.717) is 41.9 Å². The fourth-order valence-electron chi connectivity index (χ4n) is 4.52. The molecule has 38 heavy (non-hydrogen) atoms. The number of carbonyl (C=O) groups excluding carboxylic acids is 1. The minimum atomic E-state index is -4.46. The first-order valence-corrected chi connectivity index (χ1v) is 12.3. The smallest absolute Gasteiger partial charge is 0.416 e. The number of likely N-dealkylation sites (N-methyl/N-ethyl adjacent to an activating group) is 1. The zero-order chi connectivity index (χ0) is 26.9. The van der Waals surface area contributed by atoms with Crippen molar-refractivity contribution in [1.29, 1.82) is 0 Å². The summed E-state index contributed by atoms with van der Waals surface area (Å²) in [6, 6.07) is 11.4. The SMILES string of the molecule is COc1ccc(Oc2nc(N3CCN(C)CC3)nc3c2CN(C(=O)c2ccc(C(F)(F)F)cc2)CC3)cc1. The number of piperazine rings is 1. The van der Waals surface area contributed by atoms with Crippen LogP contribution in [0.1, 0.15) is 27.2 Å². The number of hydrogen-bond acceptors (Lipinski definition) is 7. The largest absolute Gasteiger partial charge is 0.497 e. The van der Waals surface area contributed by atoms with Crippen LogP contribution in [0.3, 0.4) is 0 Å². The fourth-order valence-corrected chi connectivity index (χ4v) is 4.52. The number of halogens is 3. The quantitative estimate of drug-likeness (QED) is 0.492. The van der Waals surface area contributed by atoms with E-state index in [1.807, 2.05) is 0 Å². The predicted octanol–water partition coefficient (Wildman–Crippen LogP) is 4.25. The lowest BCUT2D eigenvalue weighted by molar-refractivity contribution is -0.137. The molecule has 0 N–H and O–H groups in total. The highest BCUT2D eigenvalue weighted by Gasteiger charge is 2.32. The first-order chi connectivity index (χ1) is 18.2. The van der Waals surface area contributed by atoms with Gasteiger partial charge in [-0.05, 0) is 55.6 Å². The van der Waals surface area contributed by atoms with Gasteiger partial charge in [-0.2, -0.15) is 18.2 Å². The van der Waals surface area contributed by atoms with E-state index in [-0.39, 0.29) is 18.0 Å². The van der Waals surface area contributed by atoms with Crippen molar-refractivity contribution in [2.24, 2.45) is 0 Å². The Kier molecular flexibility index (Phi) is 7.11. The summed E-state index contributed by atoms with van der Waals surface area (Å²) in [7, 11) is 3.66. The molecule has 0 bridgehead atoms. The lowest BCUT2D eigenvalue weighted by Crippen LogP contribution is -2.45. The van der Waals surface area contributed by atoms with Gasteiger partial charge in [0.25, 0.3) is 5.91 Å². The number of methoxy groups -OCH3 is 1. The van der Waals surface area contributed by atoms with Gasteiger partial charge in [0.1, 0.15) is 11.5 Å². The Morgan fingerprint density at radius 2 is 1.55 bits per heavy atom. The number of hydrogen-bond donors (Lipinski definition) is 0. The van der Waals surface area contributed by atoms with Crippen LogP contribution in [0.5, 0.6) is 17.4 Å². The van der Waals surface area contributed by atoms with E-state index < -0.39 is 11.7 Å². The topological polar surface area (TPSA) is 71.0 Å². The molecular formula is C27H28F3N5O3. The lowest BCUT2D eigenvalue weighted by Gasteiger charge is -2.34. The summed E-state index contributed by atoms with van der Waals surface area (Å²) in [4.78, 5) is 28.7. The van der Waals surface area contributed by atoms with Crippen molar-refractivity contribution in [2.75, 3.05) is 51.8 Å². The fraction of sp³-hybridized carbons (Fsp3) is 0.370. The number of carbonyl (C=O) groups is 1. The maximum Gasteiger partial charge on any atom is 0.416 e. The zero-order valence-corrected chi connectivity index (χ0v) is 21.2. The molecule has 1 aromatic heterocycles. The number of anilines is 1. The lowest BCUT2D eigenvalue weighted by atomic mass is 10.0. The molecule has 0 saturated carbocycles. The van der Waals surface area contributed by atoms with Crippen LogP contribution in [0.25, 0.3) is 0 Å². The number of aromatic nitrogens is 2. The van der Waals surface area contributed by atoms with Crippen LogP contribution in [0.15, 0.2) is 48.5 Å². The molecule has 2 aromatic carbocycles. The Labute approximate surface area is 218 Å². The summed E-state index contributed by atoms with van der Waals surface area (Å²) in [6.07, 6.45) is -3.98. The van der Waals surface area contributed by atoms with Gasteiger partial charge in [-0.1, -0.05) is 0 Å². The van der Waals surface area contributed by atoms with Crippen molar-refractivity contribution in [3.63, 3.8) is 0 Å². The molecule has 200 valence electrons. The Bertz CT molecular complexity index is 1290. The van der Waals surface area contributed by atoms with E-state index in [9.17, 15) is 18.0 Å². The third kappa shape index (κ3) is 5.52. The standard InChI is InChI=1S/C27H28F3N5O3/c1-33-13-15-34(16-14-33)26-31-23-11-12-35(25(36)18-3-5-19(6-4-18)27(28,29)30)17-22(23)24(32-26)38-21-9-7-20(37-2)8-10-21/h3-10H,11-17H2,1-2H3. The molecule has 11 heteroatoms. The van der Waals surface area contributed by atoms with Crippen LogP contribution in [-0.2, 0) is 19.1 Å². The molecule has 0 aliphatic carbocycles. The first-order valence-electron chi connectivity index (χ1n) is 12.3. The van der Waals surface area contributed by atoms with Crippen molar-refractivity contribution >= 4 is 11.9 Å². The molecule has 1 saturated heterocycles. The van der Waals surface area contributed by atoms with Gasteiger partial charge < -0.3 is 24.2 Å². The number of ether oxygens (including phenoxy) is 2. The number of fused-ring (bicyclic) bond motifs is 1. The Morgan fingerprint density at radius 3 is 2.18 bits per heavy atom. The third-order valence-electron chi connectivity index (χ3n) is 6.82. The van der Waals surface area contributed by atoms with E-state index in [1.54, 1.807) is 36.3 Å². The summed E-state index contributed by atoms with van der Waals surface area (Å²) < 4.78 is 50.3. The molecular weight excluding hydrogens is 499 g/mol. The summed E-state index contributed by atoms with van der Waals surface area (Å²) >= 11 is 0. The van der Waals surface area contributed by atoms with Gasteiger partial charge in [0.2, 0.25) is 11.8 Å². The number of benzene rings is 2. The van der Waals surface area contributed by atoms with E-state index in [2.05, 4.69) is 16.8 Å². The summed E-state index contributed by atoms with van der Waals surface area (Å²) in [5.74, 6) is 1.83. The molecule has 3 aromatic rings. The summed E-state index contributed by atoms with van der Waals surface area (Å²) in [5, 5.41) is 0. The van der Waals surface area contributed by atoms with Crippen LogP contribution in [0, 0.1) is 0 Å². The second-order valence-corrected chi connectivity index (χ2v) is 9.37. The molecule has 0 unspecified atom stereocenters. The highest BCUT2D eigenvalue weighted by Crippen LogP contribution is 2.33. The number of nitrogens with zero attached hydrogens (tertiary/aromatic N) is 5. The van der Waals surface area contributed by atoms with Crippen molar-refractivity contribution in [1.82, 2.24) is 19.8 Å². The van der Waals surface area contributed by atoms with Crippen molar-refractivity contribution < 1.29 is 27.4 Å². The Morgan fingerprint density at radius 1 is 0.895 bits per heavy atom. The molecule has 1 fully saturated rings. The monoisotopic (exact) mass is 527 g/mol. The van der Waals surface area contributed by atoms with E-state index >= 15 is 0 Å². The normalized spacial score (nSPS) is 16.2. The summed E-state index contributed by atoms with van der Waals surface area (Å²) in [5.41, 5.74) is 0.881. The molecule has 2 aliphatic heterocycles. The maximum atomic E-state index is 13.2. The Hall–Kier alpha value is -3.86. The van der Waals surface area contributed by atoms with Crippen molar-refractivity contribution in [3.8, 4) is 17.4 Å². The van der Waals surface area contributed by atoms with Crippen molar-refractivity contribution in [3.05, 3.63) is 70.9 Å². The third-order valence-corrected chi connectivity index (χ3v) is 6.82. The first kappa shape index (κ1) is 25.8.